The minimum atomic E-state index is -0.00752. The predicted molar refractivity (Wildman–Crippen MR) is 70.9 cm³/mol. The van der Waals surface area contributed by atoms with Crippen LogP contribution in [0, 0.1) is 0 Å². The molecule has 0 aliphatic heterocycles. The number of anilines is 1. The minimum absolute atomic E-state index is 0.00752. The van der Waals surface area contributed by atoms with Gasteiger partial charge in [0, 0.05) is 24.3 Å². The zero-order valence-electron chi connectivity index (χ0n) is 10.2. The molecule has 4 nitrogen and oxygen atoms in total. The summed E-state index contributed by atoms with van der Waals surface area (Å²) >= 11 is 6.08. The molecule has 0 saturated heterocycles. The second kappa shape index (κ2) is 6.47. The largest absolute Gasteiger partial charge is 0.399 e. The Balaban J connectivity index is 2.73. The third-order valence-electron chi connectivity index (χ3n) is 2.56. The molecule has 3 N–H and O–H groups in total. The molecule has 94 valence electrons. The van der Waals surface area contributed by atoms with Crippen LogP contribution in [0.3, 0.4) is 0 Å². The molecule has 0 saturated carbocycles. The van der Waals surface area contributed by atoms with Gasteiger partial charge in [0.15, 0.2) is 0 Å². The normalized spacial score (nSPS) is 10.6. The van der Waals surface area contributed by atoms with Crippen LogP contribution < -0.4 is 11.1 Å². The number of carbonyl (C=O) groups excluding carboxylic acids is 1. The summed E-state index contributed by atoms with van der Waals surface area (Å²) in [5.74, 6) is -0.00752. The SMILES string of the molecule is CCN(CC(=O)NC)Cc1cc(N)ccc1Cl. The first-order chi connectivity index (χ1) is 8.06. The van der Waals surface area contributed by atoms with Crippen molar-refractivity contribution in [3.05, 3.63) is 28.8 Å². The van der Waals surface area contributed by atoms with Crippen molar-refractivity contribution >= 4 is 23.2 Å². The average molecular weight is 256 g/mol. The van der Waals surface area contributed by atoms with Gasteiger partial charge in [-0.2, -0.15) is 0 Å². The molecule has 0 aromatic heterocycles. The van der Waals surface area contributed by atoms with E-state index in [-0.39, 0.29) is 5.91 Å². The zero-order chi connectivity index (χ0) is 12.8. The number of amides is 1. The molecule has 1 amide bonds. The summed E-state index contributed by atoms with van der Waals surface area (Å²) in [7, 11) is 1.63. The second-order valence-corrected chi connectivity index (χ2v) is 4.23. The van der Waals surface area contributed by atoms with Crippen LogP contribution in [-0.2, 0) is 11.3 Å². The lowest BCUT2D eigenvalue weighted by Crippen LogP contribution is -2.35. The van der Waals surface area contributed by atoms with E-state index < -0.39 is 0 Å². The number of nitrogen functional groups attached to an aromatic ring is 1. The topological polar surface area (TPSA) is 58.4 Å². The third-order valence-corrected chi connectivity index (χ3v) is 2.93. The average Bonchev–Trinajstić information content (AvgIpc) is 2.32. The van der Waals surface area contributed by atoms with Crippen LogP contribution >= 0.6 is 11.6 Å². The highest BCUT2D eigenvalue weighted by Crippen LogP contribution is 2.20. The molecule has 0 radical (unpaired) electrons. The molecule has 0 fully saturated rings. The fourth-order valence-corrected chi connectivity index (χ4v) is 1.70. The predicted octanol–water partition coefficient (Wildman–Crippen LogP) is 1.49. The number of benzene rings is 1. The molecule has 0 unspecified atom stereocenters. The van der Waals surface area contributed by atoms with Gasteiger partial charge in [-0.1, -0.05) is 18.5 Å². The van der Waals surface area contributed by atoms with E-state index in [0.717, 1.165) is 12.1 Å². The number of nitrogens with two attached hydrogens (primary N) is 1. The van der Waals surface area contributed by atoms with E-state index in [1.807, 2.05) is 17.9 Å². The summed E-state index contributed by atoms with van der Waals surface area (Å²) in [6.07, 6.45) is 0. The summed E-state index contributed by atoms with van der Waals surface area (Å²) in [6, 6.07) is 5.38. The molecule has 0 aliphatic carbocycles. The minimum Gasteiger partial charge on any atom is -0.399 e. The number of halogens is 1. The van der Waals surface area contributed by atoms with Crippen LogP contribution in [0.5, 0.6) is 0 Å². The van der Waals surface area contributed by atoms with Crippen molar-refractivity contribution in [1.29, 1.82) is 0 Å². The highest BCUT2D eigenvalue weighted by atomic mass is 35.5. The van der Waals surface area contributed by atoms with Crippen LogP contribution in [0.2, 0.25) is 5.02 Å². The summed E-state index contributed by atoms with van der Waals surface area (Å²) in [4.78, 5) is 13.3. The number of likely N-dealkylation sites (N-methyl/N-ethyl adjacent to an activating group) is 2. The lowest BCUT2D eigenvalue weighted by molar-refractivity contribution is -0.121. The maximum absolute atomic E-state index is 11.3. The monoisotopic (exact) mass is 255 g/mol. The number of nitrogens with zero attached hydrogens (tertiary/aromatic N) is 1. The van der Waals surface area contributed by atoms with Gasteiger partial charge in [0.25, 0.3) is 0 Å². The zero-order valence-corrected chi connectivity index (χ0v) is 10.9. The van der Waals surface area contributed by atoms with E-state index in [1.54, 1.807) is 19.2 Å². The molecular weight excluding hydrogens is 238 g/mol. The van der Waals surface area contributed by atoms with Crippen molar-refractivity contribution in [1.82, 2.24) is 10.2 Å². The van der Waals surface area contributed by atoms with E-state index in [4.69, 9.17) is 17.3 Å². The molecule has 0 spiro atoms. The van der Waals surface area contributed by atoms with Crippen molar-refractivity contribution < 1.29 is 4.79 Å². The van der Waals surface area contributed by atoms with Crippen molar-refractivity contribution in [3.8, 4) is 0 Å². The first-order valence-electron chi connectivity index (χ1n) is 5.53. The van der Waals surface area contributed by atoms with E-state index in [2.05, 4.69) is 5.32 Å². The van der Waals surface area contributed by atoms with Crippen molar-refractivity contribution in [2.45, 2.75) is 13.5 Å². The molecule has 5 heteroatoms. The van der Waals surface area contributed by atoms with Gasteiger partial charge in [-0.3, -0.25) is 9.69 Å². The summed E-state index contributed by atoms with van der Waals surface area (Å²) in [6.45, 7) is 3.76. The van der Waals surface area contributed by atoms with Crippen molar-refractivity contribution in [2.24, 2.45) is 0 Å². The maximum Gasteiger partial charge on any atom is 0.233 e. The van der Waals surface area contributed by atoms with Crippen LogP contribution in [0.1, 0.15) is 12.5 Å². The molecule has 0 aliphatic rings. The maximum atomic E-state index is 11.3. The Morgan fingerprint density at radius 1 is 1.53 bits per heavy atom. The standard InChI is InChI=1S/C12H18ClN3O/c1-3-16(8-12(17)15-2)7-9-6-10(14)4-5-11(9)13/h4-6H,3,7-8,14H2,1-2H3,(H,15,17). The molecule has 0 bridgehead atoms. The smallest absolute Gasteiger partial charge is 0.233 e. The molecule has 1 aromatic rings. The number of carbonyl (C=O) groups is 1. The van der Waals surface area contributed by atoms with Gasteiger partial charge in [0.2, 0.25) is 5.91 Å². The Morgan fingerprint density at radius 2 is 2.24 bits per heavy atom. The van der Waals surface area contributed by atoms with Gasteiger partial charge in [-0.05, 0) is 30.3 Å². The number of rotatable bonds is 5. The number of nitrogens with one attached hydrogen (secondary N) is 1. The third kappa shape index (κ3) is 4.24. The Hall–Kier alpha value is -1.26. The highest BCUT2D eigenvalue weighted by molar-refractivity contribution is 6.31. The first-order valence-corrected chi connectivity index (χ1v) is 5.91. The molecule has 0 atom stereocenters. The van der Waals surface area contributed by atoms with Crippen molar-refractivity contribution in [3.63, 3.8) is 0 Å². The van der Waals surface area contributed by atoms with Gasteiger partial charge in [0.1, 0.15) is 0 Å². The lowest BCUT2D eigenvalue weighted by atomic mass is 10.2. The van der Waals surface area contributed by atoms with E-state index in [9.17, 15) is 4.79 Å². The Bertz CT molecular complexity index is 395. The molecular formula is C12H18ClN3O. The van der Waals surface area contributed by atoms with Gasteiger partial charge in [0.05, 0.1) is 6.54 Å². The Morgan fingerprint density at radius 3 is 2.82 bits per heavy atom. The molecule has 17 heavy (non-hydrogen) atoms. The fraction of sp³-hybridized carbons (Fsp3) is 0.417. The van der Waals surface area contributed by atoms with Crippen LogP contribution in [0.4, 0.5) is 5.69 Å². The summed E-state index contributed by atoms with van der Waals surface area (Å²) in [5.41, 5.74) is 7.34. The lowest BCUT2D eigenvalue weighted by Gasteiger charge is -2.20. The number of hydrogen-bond donors (Lipinski definition) is 2. The molecule has 1 aromatic carbocycles. The van der Waals surface area contributed by atoms with E-state index in [0.29, 0.717) is 23.8 Å². The molecule has 1 rings (SSSR count). The van der Waals surface area contributed by atoms with Crippen LogP contribution in [0.15, 0.2) is 18.2 Å². The van der Waals surface area contributed by atoms with Gasteiger partial charge in [-0.15, -0.1) is 0 Å². The van der Waals surface area contributed by atoms with Crippen molar-refractivity contribution in [2.75, 3.05) is 25.9 Å². The first kappa shape index (κ1) is 13.8. The van der Waals surface area contributed by atoms with E-state index in [1.165, 1.54) is 0 Å². The van der Waals surface area contributed by atoms with Crippen LogP contribution in [0.25, 0.3) is 0 Å². The second-order valence-electron chi connectivity index (χ2n) is 3.83. The highest BCUT2D eigenvalue weighted by Gasteiger charge is 2.10. The quantitative estimate of drug-likeness (QED) is 0.784. The van der Waals surface area contributed by atoms with E-state index >= 15 is 0 Å². The summed E-state index contributed by atoms with van der Waals surface area (Å²) < 4.78 is 0. The van der Waals surface area contributed by atoms with Gasteiger partial charge < -0.3 is 11.1 Å². The molecule has 0 heterocycles. The fourth-order valence-electron chi connectivity index (χ4n) is 1.52. The number of hydrogen-bond acceptors (Lipinski definition) is 3. The van der Waals surface area contributed by atoms with Crippen LogP contribution in [-0.4, -0.2) is 30.9 Å². The Kier molecular flexibility index (Phi) is 5.25. The van der Waals surface area contributed by atoms with Gasteiger partial charge in [-0.25, -0.2) is 0 Å². The Labute approximate surface area is 107 Å². The summed E-state index contributed by atoms with van der Waals surface area (Å²) in [5, 5.41) is 3.28. The van der Waals surface area contributed by atoms with Gasteiger partial charge >= 0.3 is 0 Å².